The Balaban J connectivity index is 1.41. The van der Waals surface area contributed by atoms with E-state index in [-0.39, 0.29) is 17.5 Å². The zero-order valence-corrected chi connectivity index (χ0v) is 15.3. The van der Waals surface area contributed by atoms with Crippen molar-refractivity contribution < 1.29 is 14.2 Å². The lowest BCUT2D eigenvalue weighted by atomic mass is 9.97. The third kappa shape index (κ3) is 5.02. The molecule has 1 fully saturated rings. The van der Waals surface area contributed by atoms with Gasteiger partial charge < -0.3 is 14.7 Å². The normalized spacial score (nSPS) is 16.9. The number of nitrogens with zero attached hydrogens (tertiary/aromatic N) is 4. The quantitative estimate of drug-likeness (QED) is 0.451. The topological polar surface area (TPSA) is 114 Å². The van der Waals surface area contributed by atoms with E-state index in [1.54, 1.807) is 19.1 Å². The SMILES string of the molecule is Cc1noc(C2CCCN(C(=O)CCCNc3ccc([N+](=O)[O-])cc3)C2)n1. The van der Waals surface area contributed by atoms with Crippen LogP contribution in [0.5, 0.6) is 0 Å². The predicted molar refractivity (Wildman–Crippen MR) is 98.4 cm³/mol. The predicted octanol–water partition coefficient (Wildman–Crippen LogP) is 2.88. The summed E-state index contributed by atoms with van der Waals surface area (Å²) in [7, 11) is 0. The van der Waals surface area contributed by atoms with E-state index in [0.717, 1.165) is 25.1 Å². The minimum absolute atomic E-state index is 0.0619. The van der Waals surface area contributed by atoms with Gasteiger partial charge in [0, 0.05) is 43.9 Å². The van der Waals surface area contributed by atoms with Crippen molar-refractivity contribution in [2.75, 3.05) is 25.0 Å². The standard InChI is InChI=1S/C18H23N5O4/c1-13-20-18(27-21-13)14-4-3-11-22(12-14)17(24)5-2-10-19-15-6-8-16(9-7-15)23(25)26/h6-9,14,19H,2-5,10-12H2,1H3. The Labute approximate surface area is 156 Å². The highest BCUT2D eigenvalue weighted by Crippen LogP contribution is 2.26. The monoisotopic (exact) mass is 373 g/mol. The molecular weight excluding hydrogens is 350 g/mol. The number of anilines is 1. The summed E-state index contributed by atoms with van der Waals surface area (Å²) in [5, 5.41) is 17.7. The van der Waals surface area contributed by atoms with Crippen molar-refractivity contribution in [2.45, 2.75) is 38.5 Å². The number of rotatable bonds is 7. The highest BCUT2D eigenvalue weighted by atomic mass is 16.6. The molecule has 1 unspecified atom stereocenters. The average molecular weight is 373 g/mol. The number of likely N-dealkylation sites (tertiary alicyclic amines) is 1. The van der Waals surface area contributed by atoms with Crippen LogP contribution in [0.1, 0.15) is 43.3 Å². The van der Waals surface area contributed by atoms with Crippen molar-refractivity contribution in [3.8, 4) is 0 Å². The number of piperidine rings is 1. The van der Waals surface area contributed by atoms with E-state index in [4.69, 9.17) is 4.52 Å². The van der Waals surface area contributed by atoms with E-state index in [9.17, 15) is 14.9 Å². The first-order valence-electron chi connectivity index (χ1n) is 9.09. The lowest BCUT2D eigenvalue weighted by Crippen LogP contribution is -2.39. The van der Waals surface area contributed by atoms with Crippen molar-refractivity contribution >= 4 is 17.3 Å². The van der Waals surface area contributed by atoms with Crippen LogP contribution in [0.2, 0.25) is 0 Å². The second-order valence-electron chi connectivity index (χ2n) is 6.69. The number of nitro groups is 1. The van der Waals surface area contributed by atoms with Crippen LogP contribution in [0.25, 0.3) is 0 Å². The van der Waals surface area contributed by atoms with E-state index in [1.807, 2.05) is 4.90 Å². The highest BCUT2D eigenvalue weighted by Gasteiger charge is 2.27. The molecule has 1 amide bonds. The molecule has 1 saturated heterocycles. The van der Waals surface area contributed by atoms with Gasteiger partial charge in [-0.15, -0.1) is 0 Å². The molecule has 9 heteroatoms. The zero-order chi connectivity index (χ0) is 19.2. The Morgan fingerprint density at radius 2 is 2.19 bits per heavy atom. The molecule has 144 valence electrons. The third-order valence-electron chi connectivity index (χ3n) is 4.64. The molecular formula is C18H23N5O4. The summed E-state index contributed by atoms with van der Waals surface area (Å²) in [6.45, 7) is 3.80. The molecule has 27 heavy (non-hydrogen) atoms. The number of benzene rings is 1. The number of hydrogen-bond donors (Lipinski definition) is 1. The Hall–Kier alpha value is -2.97. The molecule has 1 aliphatic heterocycles. The molecule has 1 N–H and O–H groups in total. The summed E-state index contributed by atoms with van der Waals surface area (Å²) in [5.41, 5.74) is 0.865. The molecule has 0 aliphatic carbocycles. The summed E-state index contributed by atoms with van der Waals surface area (Å²) in [4.78, 5) is 28.8. The van der Waals surface area contributed by atoms with Crippen molar-refractivity contribution in [3.63, 3.8) is 0 Å². The fourth-order valence-electron chi connectivity index (χ4n) is 3.22. The van der Waals surface area contributed by atoms with E-state index < -0.39 is 4.92 Å². The van der Waals surface area contributed by atoms with Gasteiger partial charge in [-0.1, -0.05) is 5.16 Å². The lowest BCUT2D eigenvalue weighted by Gasteiger charge is -2.31. The maximum absolute atomic E-state index is 12.5. The molecule has 0 bridgehead atoms. The molecule has 1 aromatic carbocycles. The Morgan fingerprint density at radius 3 is 2.85 bits per heavy atom. The van der Waals surface area contributed by atoms with Gasteiger partial charge in [-0.05, 0) is 38.3 Å². The number of carbonyl (C=O) groups is 1. The fourth-order valence-corrected chi connectivity index (χ4v) is 3.22. The van der Waals surface area contributed by atoms with Crippen LogP contribution in [0.4, 0.5) is 11.4 Å². The lowest BCUT2D eigenvalue weighted by molar-refractivity contribution is -0.384. The van der Waals surface area contributed by atoms with Gasteiger partial charge in [0.25, 0.3) is 5.69 Å². The highest BCUT2D eigenvalue weighted by molar-refractivity contribution is 5.76. The molecule has 0 spiro atoms. The van der Waals surface area contributed by atoms with E-state index in [0.29, 0.717) is 37.6 Å². The number of aryl methyl sites for hydroxylation is 1. The van der Waals surface area contributed by atoms with Crippen molar-refractivity contribution in [1.82, 2.24) is 15.0 Å². The fraction of sp³-hybridized carbons (Fsp3) is 0.500. The van der Waals surface area contributed by atoms with Crippen LogP contribution >= 0.6 is 0 Å². The van der Waals surface area contributed by atoms with Gasteiger partial charge in [0.2, 0.25) is 11.8 Å². The number of nitrogens with one attached hydrogen (secondary N) is 1. The van der Waals surface area contributed by atoms with Gasteiger partial charge in [0.1, 0.15) is 0 Å². The van der Waals surface area contributed by atoms with Crippen LogP contribution in [-0.4, -0.2) is 45.5 Å². The maximum Gasteiger partial charge on any atom is 0.269 e. The summed E-state index contributed by atoms with van der Waals surface area (Å²) in [6.07, 6.45) is 3.03. The van der Waals surface area contributed by atoms with Gasteiger partial charge in [-0.2, -0.15) is 4.98 Å². The van der Waals surface area contributed by atoms with E-state index in [1.165, 1.54) is 12.1 Å². The van der Waals surface area contributed by atoms with Gasteiger partial charge >= 0.3 is 0 Å². The summed E-state index contributed by atoms with van der Waals surface area (Å²) in [6, 6.07) is 6.25. The average Bonchev–Trinajstić information content (AvgIpc) is 3.12. The first-order chi connectivity index (χ1) is 13.0. The summed E-state index contributed by atoms with van der Waals surface area (Å²) in [5.74, 6) is 1.47. The van der Waals surface area contributed by atoms with Crippen LogP contribution in [0.15, 0.2) is 28.8 Å². The van der Waals surface area contributed by atoms with Crippen molar-refractivity contribution in [1.29, 1.82) is 0 Å². The first-order valence-corrected chi connectivity index (χ1v) is 9.09. The van der Waals surface area contributed by atoms with Gasteiger partial charge in [-0.3, -0.25) is 14.9 Å². The Kier molecular flexibility index (Phi) is 6.00. The minimum atomic E-state index is -0.427. The van der Waals surface area contributed by atoms with Crippen LogP contribution in [0, 0.1) is 17.0 Å². The summed E-state index contributed by atoms with van der Waals surface area (Å²) < 4.78 is 5.25. The third-order valence-corrected chi connectivity index (χ3v) is 4.64. The zero-order valence-electron chi connectivity index (χ0n) is 15.3. The van der Waals surface area contributed by atoms with Gasteiger partial charge in [-0.25, -0.2) is 0 Å². The molecule has 0 radical (unpaired) electrons. The Bertz CT molecular complexity index is 789. The number of carbonyl (C=O) groups excluding carboxylic acids is 1. The molecule has 1 aliphatic rings. The van der Waals surface area contributed by atoms with E-state index >= 15 is 0 Å². The number of non-ortho nitro benzene ring substituents is 1. The van der Waals surface area contributed by atoms with Crippen LogP contribution in [-0.2, 0) is 4.79 Å². The maximum atomic E-state index is 12.5. The van der Waals surface area contributed by atoms with Crippen LogP contribution in [0.3, 0.4) is 0 Å². The molecule has 3 rings (SSSR count). The molecule has 1 aromatic heterocycles. The van der Waals surface area contributed by atoms with Gasteiger partial charge in [0.05, 0.1) is 10.8 Å². The van der Waals surface area contributed by atoms with E-state index in [2.05, 4.69) is 15.5 Å². The second kappa shape index (κ2) is 8.61. The molecule has 1 atom stereocenters. The van der Waals surface area contributed by atoms with Crippen LogP contribution < -0.4 is 5.32 Å². The summed E-state index contributed by atoms with van der Waals surface area (Å²) >= 11 is 0. The molecule has 2 aromatic rings. The molecule has 9 nitrogen and oxygen atoms in total. The van der Waals surface area contributed by atoms with Crippen molar-refractivity contribution in [2.24, 2.45) is 0 Å². The smallest absolute Gasteiger partial charge is 0.269 e. The second-order valence-corrected chi connectivity index (χ2v) is 6.69. The largest absolute Gasteiger partial charge is 0.385 e. The number of aromatic nitrogens is 2. The first kappa shape index (κ1) is 18.8. The number of hydrogen-bond acceptors (Lipinski definition) is 7. The minimum Gasteiger partial charge on any atom is -0.385 e. The molecule has 0 saturated carbocycles. The van der Waals surface area contributed by atoms with Crippen molar-refractivity contribution in [3.05, 3.63) is 46.1 Å². The van der Waals surface area contributed by atoms with Gasteiger partial charge in [0.15, 0.2) is 5.82 Å². The number of nitro benzene ring substituents is 1. The Morgan fingerprint density at radius 1 is 1.41 bits per heavy atom. The number of amides is 1. The molecule has 2 heterocycles.